The van der Waals surface area contributed by atoms with E-state index in [1.165, 1.54) is 0 Å². The molecule has 0 radical (unpaired) electrons. The molecule has 0 spiro atoms. The first kappa shape index (κ1) is 28.1. The summed E-state index contributed by atoms with van der Waals surface area (Å²) in [6.45, 7) is 4.95. The predicted molar refractivity (Wildman–Crippen MR) is 97.6 cm³/mol. The molecule has 0 aliphatic heterocycles. The van der Waals surface area contributed by atoms with Gasteiger partial charge in [0.05, 0.1) is 39.6 Å². The Bertz CT molecular complexity index is 609. The van der Waals surface area contributed by atoms with E-state index in [1.807, 2.05) is 58.2 Å². The molecule has 0 atom stereocenters. The number of nitrogens with zero attached hydrogens (tertiary/aromatic N) is 2. The van der Waals surface area contributed by atoms with Gasteiger partial charge < -0.3 is 58.4 Å². The van der Waals surface area contributed by atoms with Gasteiger partial charge in [0.1, 0.15) is 13.2 Å². The largest absolute Gasteiger partial charge is 1.00 e. The van der Waals surface area contributed by atoms with Crippen LogP contribution in [0.3, 0.4) is 0 Å². The smallest absolute Gasteiger partial charge is 0.174 e. The quantitative estimate of drug-likeness (QED) is 0.185. The number of aliphatic hydroxyl groups excluding tert-OH is 2. The van der Waals surface area contributed by atoms with Crippen molar-refractivity contribution in [2.75, 3.05) is 39.6 Å². The molecule has 2 rings (SSSR count). The molecule has 2 heterocycles. The third-order valence-electron chi connectivity index (χ3n) is 3.94. The fraction of sp³-hybridized carbons (Fsp3) is 0.500. The standard InChI is InChI=1S/C20H30N2O5.2BrH/c23-17-19-3-1-5-21(15-19)7-9-25-11-13-27-14-12-26-10-8-22-6-2-4-20(16-22)18-24;;/h1-6,15-16,23-24H,7-14,17-18H2;2*1H/q+2;;/p-2. The van der Waals surface area contributed by atoms with Crippen molar-refractivity contribution < 1.29 is 67.5 Å². The fourth-order valence-electron chi connectivity index (χ4n) is 2.50. The van der Waals surface area contributed by atoms with Crippen molar-refractivity contribution in [3.63, 3.8) is 0 Å². The van der Waals surface area contributed by atoms with Crippen molar-refractivity contribution in [1.82, 2.24) is 0 Å². The molecule has 0 fully saturated rings. The van der Waals surface area contributed by atoms with Crippen LogP contribution in [0.5, 0.6) is 0 Å². The monoisotopic (exact) mass is 536 g/mol. The summed E-state index contributed by atoms with van der Waals surface area (Å²) in [5.74, 6) is 0. The zero-order chi connectivity index (χ0) is 19.2. The Labute approximate surface area is 193 Å². The topological polar surface area (TPSA) is 75.9 Å². The molecule has 0 bridgehead atoms. The lowest BCUT2D eigenvalue weighted by Gasteiger charge is -2.06. The minimum Gasteiger partial charge on any atom is -1.00 e. The van der Waals surface area contributed by atoms with Gasteiger partial charge in [-0.2, -0.15) is 0 Å². The highest BCUT2D eigenvalue weighted by Gasteiger charge is 2.03. The van der Waals surface area contributed by atoms with E-state index in [9.17, 15) is 0 Å². The molecule has 7 nitrogen and oxygen atoms in total. The molecule has 0 aliphatic rings. The van der Waals surface area contributed by atoms with Gasteiger partial charge in [0.2, 0.25) is 0 Å². The van der Waals surface area contributed by atoms with E-state index in [-0.39, 0.29) is 47.2 Å². The molecule has 2 aromatic rings. The second-order valence-corrected chi connectivity index (χ2v) is 6.05. The predicted octanol–water partition coefficient (Wildman–Crippen LogP) is -6.00. The lowest BCUT2D eigenvalue weighted by molar-refractivity contribution is -0.699. The summed E-state index contributed by atoms with van der Waals surface area (Å²) < 4.78 is 20.6. The molecule has 0 aromatic carbocycles. The average molecular weight is 538 g/mol. The number of ether oxygens (including phenoxy) is 3. The number of hydrogen-bond acceptors (Lipinski definition) is 5. The van der Waals surface area contributed by atoms with Crippen molar-refractivity contribution in [1.29, 1.82) is 0 Å². The number of rotatable bonds is 14. The highest BCUT2D eigenvalue weighted by Crippen LogP contribution is 1.93. The van der Waals surface area contributed by atoms with E-state index < -0.39 is 0 Å². The van der Waals surface area contributed by atoms with Crippen LogP contribution in [0.2, 0.25) is 0 Å². The second kappa shape index (κ2) is 17.9. The Kier molecular flexibility index (Phi) is 17.3. The van der Waals surface area contributed by atoms with E-state index >= 15 is 0 Å². The Morgan fingerprint density at radius 1 is 0.621 bits per heavy atom. The van der Waals surface area contributed by atoms with Crippen LogP contribution >= 0.6 is 0 Å². The molecular formula is C20H30Br2N2O5. The summed E-state index contributed by atoms with van der Waals surface area (Å²) in [6, 6.07) is 7.60. The van der Waals surface area contributed by atoms with Gasteiger partial charge >= 0.3 is 0 Å². The van der Waals surface area contributed by atoms with Crippen LogP contribution in [-0.4, -0.2) is 49.9 Å². The second-order valence-electron chi connectivity index (χ2n) is 6.05. The SMILES string of the molecule is OCc1ccc[n+](CCOCCOCCOCC[n+]2cccc(CO)c2)c1.[Br-].[Br-]. The summed E-state index contributed by atoms with van der Waals surface area (Å²) in [7, 11) is 0. The van der Waals surface area contributed by atoms with Crippen molar-refractivity contribution in [2.45, 2.75) is 26.3 Å². The highest BCUT2D eigenvalue weighted by molar-refractivity contribution is 5.03. The number of hydrogen-bond donors (Lipinski definition) is 2. The van der Waals surface area contributed by atoms with Gasteiger partial charge in [0.25, 0.3) is 0 Å². The lowest BCUT2D eigenvalue weighted by atomic mass is 10.3. The summed E-state index contributed by atoms with van der Waals surface area (Å²) in [4.78, 5) is 0. The lowest BCUT2D eigenvalue weighted by Crippen LogP contribution is -3.00. The number of pyridine rings is 2. The van der Waals surface area contributed by atoms with Gasteiger partial charge in [0, 0.05) is 23.3 Å². The van der Waals surface area contributed by atoms with E-state index in [2.05, 4.69) is 0 Å². The van der Waals surface area contributed by atoms with Crippen LogP contribution in [0.15, 0.2) is 49.1 Å². The molecule has 0 saturated carbocycles. The Hall–Kier alpha value is -0.940. The molecule has 2 N–H and O–H groups in total. The number of aromatic nitrogens is 2. The summed E-state index contributed by atoms with van der Waals surface area (Å²) in [5.41, 5.74) is 1.78. The number of halogens is 2. The Balaban J connectivity index is 0.00000392. The van der Waals surface area contributed by atoms with Gasteiger partial charge in [-0.25, -0.2) is 9.13 Å². The van der Waals surface area contributed by atoms with E-state index in [1.54, 1.807) is 0 Å². The third kappa shape index (κ3) is 12.4. The van der Waals surface area contributed by atoms with E-state index in [0.29, 0.717) is 39.6 Å². The maximum Gasteiger partial charge on any atom is 0.174 e. The highest BCUT2D eigenvalue weighted by atomic mass is 79.9. The normalized spacial score (nSPS) is 10.3. The average Bonchev–Trinajstić information content (AvgIpc) is 2.72. The molecule has 0 aliphatic carbocycles. The first-order valence-electron chi connectivity index (χ1n) is 9.22. The van der Waals surface area contributed by atoms with Crippen LogP contribution < -0.4 is 43.1 Å². The molecule has 2 aromatic heterocycles. The Morgan fingerprint density at radius 2 is 1.00 bits per heavy atom. The van der Waals surface area contributed by atoms with Crippen molar-refractivity contribution in [3.8, 4) is 0 Å². The van der Waals surface area contributed by atoms with Gasteiger partial charge in [-0.3, -0.25) is 0 Å². The van der Waals surface area contributed by atoms with Crippen LogP contribution in [0.4, 0.5) is 0 Å². The van der Waals surface area contributed by atoms with Crippen LogP contribution in [0.25, 0.3) is 0 Å². The summed E-state index contributed by atoms with van der Waals surface area (Å²) >= 11 is 0. The van der Waals surface area contributed by atoms with Gasteiger partial charge in [-0.05, 0) is 12.1 Å². The van der Waals surface area contributed by atoms with Crippen LogP contribution in [-0.2, 0) is 40.5 Å². The molecule has 0 unspecified atom stereocenters. The van der Waals surface area contributed by atoms with Crippen molar-refractivity contribution in [3.05, 3.63) is 60.2 Å². The van der Waals surface area contributed by atoms with E-state index in [4.69, 9.17) is 24.4 Å². The minimum absolute atomic E-state index is 0. The summed E-state index contributed by atoms with van der Waals surface area (Å²) in [6.07, 6.45) is 7.73. The first-order valence-corrected chi connectivity index (χ1v) is 9.22. The minimum atomic E-state index is 0. The van der Waals surface area contributed by atoms with Crippen molar-refractivity contribution >= 4 is 0 Å². The molecular weight excluding hydrogens is 508 g/mol. The molecule has 0 amide bonds. The fourth-order valence-corrected chi connectivity index (χ4v) is 2.50. The van der Waals surface area contributed by atoms with Crippen molar-refractivity contribution in [2.24, 2.45) is 0 Å². The maximum absolute atomic E-state index is 9.11. The molecule has 29 heavy (non-hydrogen) atoms. The van der Waals surface area contributed by atoms with Gasteiger partial charge in [-0.15, -0.1) is 0 Å². The first-order chi connectivity index (χ1) is 13.3. The van der Waals surface area contributed by atoms with Gasteiger partial charge in [-0.1, -0.05) is 0 Å². The molecule has 9 heteroatoms. The zero-order valence-electron chi connectivity index (χ0n) is 16.5. The van der Waals surface area contributed by atoms with Crippen LogP contribution in [0.1, 0.15) is 11.1 Å². The zero-order valence-corrected chi connectivity index (χ0v) is 19.6. The molecule has 0 saturated heterocycles. The molecule has 164 valence electrons. The maximum atomic E-state index is 9.11. The summed E-state index contributed by atoms with van der Waals surface area (Å²) in [5, 5.41) is 18.2. The third-order valence-corrected chi connectivity index (χ3v) is 3.94. The van der Waals surface area contributed by atoms with E-state index in [0.717, 1.165) is 24.2 Å². The number of aliphatic hydroxyl groups is 2. The van der Waals surface area contributed by atoms with Gasteiger partial charge in [0.15, 0.2) is 37.9 Å². The Morgan fingerprint density at radius 3 is 1.38 bits per heavy atom. The van der Waals surface area contributed by atoms with Crippen LogP contribution in [0, 0.1) is 0 Å².